The van der Waals surface area contributed by atoms with Crippen molar-refractivity contribution in [2.75, 3.05) is 6.54 Å². The highest BCUT2D eigenvalue weighted by Crippen LogP contribution is 2.12. The van der Waals surface area contributed by atoms with Gasteiger partial charge in [0.1, 0.15) is 24.0 Å². The molecule has 1 fully saturated rings. The zero-order valence-corrected chi connectivity index (χ0v) is 19.8. The highest BCUT2D eigenvalue weighted by Gasteiger charge is 2.34. The van der Waals surface area contributed by atoms with Crippen LogP contribution in [0.2, 0.25) is 0 Å². The van der Waals surface area contributed by atoms with Gasteiger partial charge >= 0.3 is 18.0 Å². The molecule has 0 aliphatic carbocycles. The summed E-state index contributed by atoms with van der Waals surface area (Å²) in [5.41, 5.74) is 0.365. The monoisotopic (exact) mass is 475 g/mol. The number of amides is 2. The van der Waals surface area contributed by atoms with Crippen LogP contribution < -0.4 is 16.0 Å². The van der Waals surface area contributed by atoms with Crippen LogP contribution >= 0.6 is 0 Å². The van der Waals surface area contributed by atoms with E-state index < -0.39 is 35.7 Å². The fourth-order valence-corrected chi connectivity index (χ4v) is 3.42. The molecule has 10 heteroatoms. The van der Waals surface area contributed by atoms with Crippen molar-refractivity contribution in [3.63, 3.8) is 0 Å². The number of hydrogen-bond donors (Lipinski definition) is 3. The highest BCUT2D eigenvalue weighted by atomic mass is 16.6. The quantitative estimate of drug-likeness (QED) is 0.262. The van der Waals surface area contributed by atoms with Crippen LogP contribution in [0.5, 0.6) is 0 Å². The molecule has 3 N–H and O–H groups in total. The van der Waals surface area contributed by atoms with E-state index >= 15 is 0 Å². The lowest BCUT2D eigenvalue weighted by atomic mass is 10.1. The van der Waals surface area contributed by atoms with Gasteiger partial charge in [-0.25, -0.2) is 14.4 Å². The molecule has 0 spiro atoms. The molecule has 3 atom stereocenters. The molecule has 1 aromatic carbocycles. The lowest BCUT2D eigenvalue weighted by Crippen LogP contribution is -2.46. The molecule has 10 nitrogen and oxygen atoms in total. The zero-order chi connectivity index (χ0) is 25.1. The molecule has 1 aliphatic heterocycles. The maximum absolute atomic E-state index is 12.4. The van der Waals surface area contributed by atoms with Crippen molar-refractivity contribution in [3.8, 4) is 0 Å². The second-order valence-electron chi connectivity index (χ2n) is 9.14. The van der Waals surface area contributed by atoms with Gasteiger partial charge in [0.2, 0.25) is 5.91 Å². The smallest absolute Gasteiger partial charge is 0.408 e. The summed E-state index contributed by atoms with van der Waals surface area (Å²) in [6.07, 6.45) is 1.29. The minimum atomic E-state index is -1.35. The maximum Gasteiger partial charge on any atom is 0.408 e. The number of hydrogen-bond acceptors (Lipinski definition) is 8. The summed E-state index contributed by atoms with van der Waals surface area (Å²) in [4.78, 5) is 59.7. The van der Waals surface area contributed by atoms with Crippen LogP contribution in [0.3, 0.4) is 0 Å². The molecule has 0 radical (unpaired) electrons. The van der Waals surface area contributed by atoms with Gasteiger partial charge in [-0.1, -0.05) is 30.3 Å². The maximum atomic E-state index is 12.4. The summed E-state index contributed by atoms with van der Waals surface area (Å²) in [5.74, 6) is -2.01. The number of carbonyl (C=O) groups excluding carboxylic acids is 5. The highest BCUT2D eigenvalue weighted by molar-refractivity contribution is 5.93. The summed E-state index contributed by atoms with van der Waals surface area (Å²) < 4.78 is 9.93. The Morgan fingerprint density at radius 3 is 2.53 bits per heavy atom. The van der Waals surface area contributed by atoms with Gasteiger partial charge in [-0.2, -0.15) is 0 Å². The number of rotatable bonds is 10. The average molecular weight is 476 g/mol. The first-order chi connectivity index (χ1) is 16.1. The number of esters is 2. The summed E-state index contributed by atoms with van der Waals surface area (Å²) >= 11 is 0. The van der Waals surface area contributed by atoms with Gasteiger partial charge in [-0.05, 0) is 45.6 Å². The van der Waals surface area contributed by atoms with Crippen molar-refractivity contribution in [2.24, 2.45) is 0 Å². The Morgan fingerprint density at radius 2 is 1.88 bits per heavy atom. The van der Waals surface area contributed by atoms with Crippen molar-refractivity contribution in [2.45, 2.75) is 76.6 Å². The van der Waals surface area contributed by atoms with E-state index in [0.29, 0.717) is 25.7 Å². The van der Waals surface area contributed by atoms with Gasteiger partial charge in [-0.15, -0.1) is 0 Å². The van der Waals surface area contributed by atoms with Crippen LogP contribution in [0.25, 0.3) is 0 Å². The summed E-state index contributed by atoms with van der Waals surface area (Å²) in [6.45, 7) is 5.29. The second kappa shape index (κ2) is 12.8. The van der Waals surface area contributed by atoms with Crippen LogP contribution in [0.15, 0.2) is 30.3 Å². The van der Waals surface area contributed by atoms with Crippen molar-refractivity contribution in [3.05, 3.63) is 35.9 Å². The lowest BCUT2D eigenvalue weighted by Gasteiger charge is -2.22. The van der Waals surface area contributed by atoms with Gasteiger partial charge in [0.25, 0.3) is 0 Å². The van der Waals surface area contributed by atoms with Crippen LogP contribution in [-0.4, -0.2) is 60.5 Å². The third-order valence-corrected chi connectivity index (χ3v) is 5.00. The Bertz CT molecular complexity index is 867. The van der Waals surface area contributed by atoms with Crippen molar-refractivity contribution < 1.29 is 33.4 Å². The first-order valence-electron chi connectivity index (χ1n) is 11.3. The molecule has 2 rings (SSSR count). The molecule has 1 aromatic rings. The second-order valence-corrected chi connectivity index (χ2v) is 9.14. The first kappa shape index (κ1) is 27.0. The van der Waals surface area contributed by atoms with Gasteiger partial charge < -0.3 is 30.2 Å². The molecule has 186 valence electrons. The van der Waals surface area contributed by atoms with Gasteiger partial charge in [0, 0.05) is 25.4 Å². The minimum Gasteiger partial charge on any atom is -0.444 e. The van der Waals surface area contributed by atoms with Crippen molar-refractivity contribution >= 4 is 30.2 Å². The lowest BCUT2D eigenvalue weighted by molar-refractivity contribution is -0.163. The van der Waals surface area contributed by atoms with E-state index in [4.69, 9.17) is 9.47 Å². The zero-order valence-electron chi connectivity index (χ0n) is 19.8. The predicted molar refractivity (Wildman–Crippen MR) is 123 cm³/mol. The molecule has 1 heterocycles. The standard InChI is InChI=1S/C24H33N3O7/c1-24(2,3)34-23(32)27-18(12-13-28)21(30)33-22(31)19-14-17(15-25-19)26-20(29)11-7-10-16-8-5-4-6-9-16/h4-6,8-9,13,17-19,25H,7,10-12,14-15H2,1-3H3,(H,26,29)(H,27,32)/t17-,18+,19+/m1/s1. The fraction of sp³-hybridized carbons (Fsp3) is 0.542. The first-order valence-corrected chi connectivity index (χ1v) is 11.3. The third kappa shape index (κ3) is 9.70. The SMILES string of the molecule is CC(C)(C)OC(=O)N[C@@H](CC=O)C(=O)OC(=O)[C@@H]1C[C@@H](NC(=O)CCCc2ccccc2)CN1. The Hall–Kier alpha value is -3.27. The number of nitrogens with one attached hydrogen (secondary N) is 3. The van der Waals surface area contributed by atoms with Crippen LogP contribution in [-0.2, 0) is 35.1 Å². The number of carbonyl (C=O) groups is 5. The van der Waals surface area contributed by atoms with E-state index in [0.717, 1.165) is 6.42 Å². The number of benzene rings is 1. The van der Waals surface area contributed by atoms with E-state index in [-0.39, 0.29) is 24.8 Å². The number of aldehydes is 1. The summed E-state index contributed by atoms with van der Waals surface area (Å²) in [5, 5.41) is 8.04. The van der Waals surface area contributed by atoms with Gasteiger partial charge in [-0.3, -0.25) is 4.79 Å². The van der Waals surface area contributed by atoms with Crippen LogP contribution in [0.1, 0.15) is 52.0 Å². The van der Waals surface area contributed by atoms with E-state index in [1.807, 2.05) is 30.3 Å². The van der Waals surface area contributed by atoms with Gasteiger partial charge in [0.05, 0.1) is 0 Å². The van der Waals surface area contributed by atoms with Crippen LogP contribution in [0.4, 0.5) is 4.79 Å². The Balaban J connectivity index is 1.75. The molecule has 0 saturated carbocycles. The summed E-state index contributed by atoms with van der Waals surface area (Å²) in [6, 6.07) is 7.46. The largest absolute Gasteiger partial charge is 0.444 e. The molecule has 0 bridgehead atoms. The molecule has 2 amide bonds. The molecule has 34 heavy (non-hydrogen) atoms. The van der Waals surface area contributed by atoms with Crippen molar-refractivity contribution in [1.29, 1.82) is 0 Å². The van der Waals surface area contributed by atoms with Crippen LogP contribution in [0, 0.1) is 0 Å². The molecule has 0 aromatic heterocycles. The van der Waals surface area contributed by atoms with E-state index in [1.54, 1.807) is 20.8 Å². The normalized spacial score (nSPS) is 18.4. The topological polar surface area (TPSA) is 140 Å². The van der Waals surface area contributed by atoms with E-state index in [9.17, 15) is 24.0 Å². The Labute approximate surface area is 199 Å². The number of ether oxygens (including phenoxy) is 2. The van der Waals surface area contributed by atoms with E-state index in [2.05, 4.69) is 16.0 Å². The Morgan fingerprint density at radius 1 is 1.18 bits per heavy atom. The summed E-state index contributed by atoms with van der Waals surface area (Å²) in [7, 11) is 0. The third-order valence-electron chi connectivity index (χ3n) is 5.00. The van der Waals surface area contributed by atoms with E-state index in [1.165, 1.54) is 5.56 Å². The molecule has 1 aliphatic rings. The Kier molecular flexibility index (Phi) is 10.2. The molecule has 1 saturated heterocycles. The molecular formula is C24H33N3O7. The average Bonchev–Trinajstić information content (AvgIpc) is 3.21. The predicted octanol–water partition coefficient (Wildman–Crippen LogP) is 1.41. The number of aryl methyl sites for hydroxylation is 1. The van der Waals surface area contributed by atoms with Crippen molar-refractivity contribution in [1.82, 2.24) is 16.0 Å². The van der Waals surface area contributed by atoms with Gasteiger partial charge in [0.15, 0.2) is 0 Å². The number of alkyl carbamates (subject to hydrolysis) is 1. The molecule has 0 unspecified atom stereocenters. The fourth-order valence-electron chi connectivity index (χ4n) is 3.42. The minimum absolute atomic E-state index is 0.111. The molecular weight excluding hydrogens is 442 g/mol.